The fourth-order valence-electron chi connectivity index (χ4n) is 2.89. The lowest BCUT2D eigenvalue weighted by Gasteiger charge is -2.24. The van der Waals surface area contributed by atoms with Crippen LogP contribution in [-0.4, -0.2) is 37.3 Å². The Morgan fingerprint density at radius 3 is 2.80 bits per heavy atom. The summed E-state index contributed by atoms with van der Waals surface area (Å²) in [6.07, 6.45) is -0.435. The van der Waals surface area contributed by atoms with Gasteiger partial charge >= 0.3 is 11.9 Å². The Balaban J connectivity index is 1.56. The van der Waals surface area contributed by atoms with Gasteiger partial charge in [0.1, 0.15) is 5.58 Å². The Morgan fingerprint density at radius 2 is 2.03 bits per heavy atom. The van der Waals surface area contributed by atoms with Gasteiger partial charge in [0.05, 0.1) is 13.3 Å². The van der Waals surface area contributed by atoms with Gasteiger partial charge in [-0.25, -0.2) is 14.8 Å². The summed E-state index contributed by atoms with van der Waals surface area (Å²) in [6, 6.07) is 12.9. The van der Waals surface area contributed by atoms with E-state index in [1.807, 2.05) is 0 Å². The molecule has 4 N–H and O–H groups in total. The summed E-state index contributed by atoms with van der Waals surface area (Å²) in [5.41, 5.74) is 7.55. The van der Waals surface area contributed by atoms with Crippen LogP contribution in [0.15, 0.2) is 62.9 Å². The van der Waals surface area contributed by atoms with Gasteiger partial charge in [-0.3, -0.25) is 0 Å². The summed E-state index contributed by atoms with van der Waals surface area (Å²) in [7, 11) is 1.26. The average Bonchev–Trinajstić information content (AvgIpc) is 3.13. The number of nitrogen functional groups attached to an aromatic ring is 1. The Morgan fingerprint density at radius 1 is 1.20 bits per heavy atom. The number of nitrogens with one attached hydrogen (secondary N) is 2. The van der Waals surface area contributed by atoms with Crippen molar-refractivity contribution in [2.24, 2.45) is 9.98 Å². The van der Waals surface area contributed by atoms with Crippen LogP contribution in [0.2, 0.25) is 0 Å². The molecule has 0 saturated carbocycles. The maximum absolute atomic E-state index is 14.2. The minimum atomic E-state index is -3.35. The van der Waals surface area contributed by atoms with E-state index in [1.165, 1.54) is 19.2 Å². The van der Waals surface area contributed by atoms with Crippen LogP contribution >= 0.6 is 0 Å². The fourth-order valence-corrected chi connectivity index (χ4v) is 2.89. The maximum Gasteiger partial charge on any atom is 0.373 e. The molecule has 8 nitrogen and oxygen atoms in total. The molecule has 0 spiro atoms. The molecule has 0 bridgehead atoms. The molecule has 1 atom stereocenters. The number of hydrogen-bond donors (Lipinski definition) is 3. The number of methoxy groups -OCH3 is 1. The zero-order valence-corrected chi connectivity index (χ0v) is 15.7. The van der Waals surface area contributed by atoms with Gasteiger partial charge in [0.25, 0.3) is 0 Å². The molecule has 10 heteroatoms. The van der Waals surface area contributed by atoms with Crippen molar-refractivity contribution in [1.82, 2.24) is 0 Å². The van der Waals surface area contributed by atoms with Gasteiger partial charge in [-0.05, 0) is 42.5 Å². The molecular formula is C20H17F2N5O3. The van der Waals surface area contributed by atoms with Crippen molar-refractivity contribution >= 4 is 46.1 Å². The smallest absolute Gasteiger partial charge is 0.373 e. The summed E-state index contributed by atoms with van der Waals surface area (Å²) >= 11 is 0. The van der Waals surface area contributed by atoms with E-state index in [4.69, 9.17) is 10.2 Å². The molecule has 1 aliphatic heterocycles. The molecule has 2 aromatic carbocycles. The van der Waals surface area contributed by atoms with Crippen molar-refractivity contribution < 1.29 is 22.7 Å². The van der Waals surface area contributed by atoms with Crippen LogP contribution in [0.5, 0.6) is 0 Å². The lowest BCUT2D eigenvalue weighted by atomic mass is 10.2. The number of anilines is 3. The van der Waals surface area contributed by atoms with Gasteiger partial charge in [-0.15, -0.1) is 0 Å². The molecule has 0 fully saturated rings. The molecule has 1 aliphatic rings. The van der Waals surface area contributed by atoms with Crippen molar-refractivity contribution in [3.8, 4) is 0 Å². The number of fused-ring (bicyclic) bond motifs is 1. The van der Waals surface area contributed by atoms with Gasteiger partial charge in [-0.1, -0.05) is 6.07 Å². The first kappa shape index (κ1) is 19.4. The van der Waals surface area contributed by atoms with Crippen LogP contribution < -0.4 is 16.4 Å². The number of ether oxygens (including phenoxy) is 1. The first-order chi connectivity index (χ1) is 14.3. The SMILES string of the molecule is COC(=O)c1cc2cc(NC3N=CC(F)(F)C(Nc4cccc(N)c4)=N3)ccc2o1. The number of rotatable bonds is 4. The molecule has 0 aliphatic carbocycles. The molecule has 30 heavy (non-hydrogen) atoms. The fraction of sp³-hybridized carbons (Fsp3) is 0.150. The summed E-state index contributed by atoms with van der Waals surface area (Å²) in [5, 5.41) is 6.18. The van der Waals surface area contributed by atoms with Crippen LogP contribution in [0.4, 0.5) is 25.8 Å². The van der Waals surface area contributed by atoms with Crippen molar-refractivity contribution in [3.63, 3.8) is 0 Å². The predicted molar refractivity (Wildman–Crippen MR) is 110 cm³/mol. The highest BCUT2D eigenvalue weighted by atomic mass is 19.3. The number of carbonyl (C=O) groups is 1. The van der Waals surface area contributed by atoms with Gasteiger partial charge < -0.3 is 25.5 Å². The number of nitrogens with two attached hydrogens (primary N) is 1. The van der Waals surface area contributed by atoms with Crippen LogP contribution in [0, 0.1) is 0 Å². The molecule has 0 radical (unpaired) electrons. The number of aliphatic imine (C=N–C) groups is 2. The number of amidine groups is 1. The van der Waals surface area contributed by atoms with E-state index in [1.54, 1.807) is 36.4 Å². The summed E-state index contributed by atoms with van der Waals surface area (Å²) in [6.45, 7) is 0. The second kappa shape index (κ2) is 7.47. The van der Waals surface area contributed by atoms with Crippen molar-refractivity contribution in [2.45, 2.75) is 12.2 Å². The minimum Gasteiger partial charge on any atom is -0.463 e. The quantitative estimate of drug-likeness (QED) is 0.444. The van der Waals surface area contributed by atoms with Gasteiger partial charge in [0.15, 0.2) is 5.84 Å². The van der Waals surface area contributed by atoms with Crippen LogP contribution in [-0.2, 0) is 4.74 Å². The minimum absolute atomic E-state index is 0.0617. The van der Waals surface area contributed by atoms with Crippen LogP contribution in [0.1, 0.15) is 10.6 Å². The zero-order chi connectivity index (χ0) is 21.3. The normalized spacial score (nSPS) is 17.4. The van der Waals surface area contributed by atoms with E-state index in [-0.39, 0.29) is 5.76 Å². The molecule has 1 unspecified atom stereocenters. The Bertz CT molecular complexity index is 1170. The monoisotopic (exact) mass is 413 g/mol. The third-order valence-electron chi connectivity index (χ3n) is 4.29. The molecule has 154 valence electrons. The number of esters is 1. The Hall–Kier alpha value is -3.95. The largest absolute Gasteiger partial charge is 0.463 e. The third kappa shape index (κ3) is 3.93. The molecular weight excluding hydrogens is 396 g/mol. The van der Waals surface area contributed by atoms with Crippen molar-refractivity contribution in [2.75, 3.05) is 23.5 Å². The number of nitrogens with zero attached hydrogens (tertiary/aromatic N) is 2. The lowest BCUT2D eigenvalue weighted by Crippen LogP contribution is -2.41. The van der Waals surface area contributed by atoms with Gasteiger partial charge in [0, 0.05) is 22.4 Å². The van der Waals surface area contributed by atoms with E-state index in [0.717, 1.165) is 0 Å². The molecule has 0 amide bonds. The average molecular weight is 413 g/mol. The van der Waals surface area contributed by atoms with E-state index in [0.29, 0.717) is 34.2 Å². The topological polar surface area (TPSA) is 114 Å². The predicted octanol–water partition coefficient (Wildman–Crippen LogP) is 3.73. The van der Waals surface area contributed by atoms with Gasteiger partial charge in [-0.2, -0.15) is 8.78 Å². The first-order valence-electron chi connectivity index (χ1n) is 8.85. The number of benzene rings is 2. The number of carbonyl (C=O) groups excluding carboxylic acids is 1. The molecule has 1 aromatic heterocycles. The summed E-state index contributed by atoms with van der Waals surface area (Å²) in [4.78, 5) is 19.4. The number of hydrogen-bond acceptors (Lipinski definition) is 8. The number of halogens is 2. The maximum atomic E-state index is 14.2. The van der Waals surface area contributed by atoms with E-state index in [2.05, 4.69) is 25.4 Å². The standard InChI is InChI=1S/C20H17F2N5O3/c1-29-17(28)16-8-11-7-14(5-6-15(11)30-16)26-19-24-10-20(21,22)18(27-19)25-13-4-2-3-12(23)9-13/h2-10,19,26H,23H2,1H3,(H,25,27). The van der Waals surface area contributed by atoms with E-state index < -0.39 is 24.0 Å². The third-order valence-corrected chi connectivity index (χ3v) is 4.29. The highest BCUT2D eigenvalue weighted by Crippen LogP contribution is 2.26. The Kier molecular flexibility index (Phi) is 4.82. The van der Waals surface area contributed by atoms with Crippen molar-refractivity contribution in [3.05, 3.63) is 54.3 Å². The van der Waals surface area contributed by atoms with E-state index >= 15 is 0 Å². The second-order valence-corrected chi connectivity index (χ2v) is 6.50. The van der Waals surface area contributed by atoms with Crippen molar-refractivity contribution in [1.29, 1.82) is 0 Å². The first-order valence-corrected chi connectivity index (χ1v) is 8.85. The summed E-state index contributed by atoms with van der Waals surface area (Å²) < 4.78 is 38.5. The number of furan rings is 1. The Labute approximate surface area is 169 Å². The number of alkyl halides is 2. The highest BCUT2D eigenvalue weighted by molar-refractivity contribution is 6.11. The van der Waals surface area contributed by atoms with Crippen LogP contribution in [0.25, 0.3) is 11.0 Å². The van der Waals surface area contributed by atoms with Gasteiger partial charge in [0.2, 0.25) is 12.0 Å². The molecule has 4 rings (SSSR count). The highest BCUT2D eigenvalue weighted by Gasteiger charge is 2.38. The molecule has 0 saturated heterocycles. The molecule has 3 aromatic rings. The molecule has 2 heterocycles. The van der Waals surface area contributed by atoms with Crippen LogP contribution in [0.3, 0.4) is 0 Å². The van der Waals surface area contributed by atoms with E-state index in [9.17, 15) is 13.6 Å². The zero-order valence-electron chi connectivity index (χ0n) is 15.7. The second-order valence-electron chi connectivity index (χ2n) is 6.50. The summed E-state index contributed by atoms with van der Waals surface area (Å²) in [5.74, 6) is -4.45. The lowest BCUT2D eigenvalue weighted by molar-refractivity contribution is 0.0567.